The molecule has 100 valence electrons. The minimum atomic E-state index is -0.606. The molecular weight excluding hydrogens is 220 g/mol. The zero-order valence-electron chi connectivity index (χ0n) is 11.1. The number of likely N-dealkylation sites (N-methyl/N-ethyl adjacent to an activating group) is 1. The maximum absolute atomic E-state index is 8.98. The summed E-state index contributed by atoms with van der Waals surface area (Å²) in [5.74, 6) is 0. The Labute approximate surface area is 104 Å². The average molecular weight is 244 g/mol. The van der Waals surface area contributed by atoms with Crippen LogP contribution >= 0.6 is 0 Å². The summed E-state index contributed by atoms with van der Waals surface area (Å²) in [6.45, 7) is 7.38. The highest BCUT2D eigenvalue weighted by molar-refractivity contribution is 5.03. The molecule has 0 bridgehead atoms. The van der Waals surface area contributed by atoms with Gasteiger partial charge in [-0.05, 0) is 19.9 Å². The van der Waals surface area contributed by atoms with Crippen molar-refractivity contribution in [2.24, 2.45) is 0 Å². The molecule has 0 spiro atoms. The Morgan fingerprint density at radius 3 is 2.47 bits per heavy atom. The smallest absolute Gasteiger partial charge is 0.127 e. The molecule has 0 rings (SSSR count). The predicted molar refractivity (Wildman–Crippen MR) is 65.8 cm³/mol. The highest BCUT2D eigenvalue weighted by Crippen LogP contribution is 2.02. The molecule has 0 saturated heterocycles. The molecule has 5 nitrogen and oxygen atoms in total. The Morgan fingerprint density at radius 1 is 1.18 bits per heavy atom. The maximum atomic E-state index is 8.98. The molecule has 17 heavy (non-hydrogen) atoms. The molecule has 0 aliphatic carbocycles. The van der Waals surface area contributed by atoms with Gasteiger partial charge in [0.05, 0.1) is 25.9 Å². The summed E-state index contributed by atoms with van der Waals surface area (Å²) in [4.78, 5) is 0. The third kappa shape index (κ3) is 9.07. The number of rotatable bonds is 11. The summed E-state index contributed by atoms with van der Waals surface area (Å²) >= 11 is 0. The summed E-state index contributed by atoms with van der Waals surface area (Å²) in [6.07, 6.45) is 0.893. The van der Waals surface area contributed by atoms with Gasteiger partial charge in [-0.1, -0.05) is 6.92 Å². The lowest BCUT2D eigenvalue weighted by Crippen LogP contribution is -2.45. The lowest BCUT2D eigenvalue weighted by atomic mass is 10.1. The fourth-order valence-electron chi connectivity index (χ4n) is 1.31. The quantitative estimate of drug-likeness (QED) is 0.548. The van der Waals surface area contributed by atoms with Crippen LogP contribution in [0.25, 0.3) is 0 Å². The summed E-state index contributed by atoms with van der Waals surface area (Å²) in [5, 5.41) is 12.1. The normalized spacial score (nSPS) is 14.2. The van der Waals surface area contributed by atoms with Gasteiger partial charge >= 0.3 is 0 Å². The number of nitrogens with one attached hydrogen (secondary N) is 1. The Balaban J connectivity index is 3.41. The molecular formula is C12H24N2O3. The van der Waals surface area contributed by atoms with Gasteiger partial charge in [-0.3, -0.25) is 5.32 Å². The van der Waals surface area contributed by atoms with Crippen LogP contribution < -0.4 is 5.32 Å². The van der Waals surface area contributed by atoms with E-state index in [0.29, 0.717) is 33.0 Å². The molecule has 1 N–H and O–H groups in total. The Bertz CT molecular complexity index is 218. The van der Waals surface area contributed by atoms with Crippen molar-refractivity contribution in [3.8, 4) is 6.07 Å². The van der Waals surface area contributed by atoms with Crippen LogP contribution in [0, 0.1) is 11.3 Å². The van der Waals surface area contributed by atoms with Gasteiger partial charge in [-0.2, -0.15) is 5.26 Å². The molecule has 0 heterocycles. The highest BCUT2D eigenvalue weighted by atomic mass is 16.5. The van der Waals surface area contributed by atoms with Crippen LogP contribution in [0.2, 0.25) is 0 Å². The number of hydrogen-bond acceptors (Lipinski definition) is 5. The van der Waals surface area contributed by atoms with Crippen LogP contribution in [0.1, 0.15) is 20.3 Å². The van der Waals surface area contributed by atoms with Crippen LogP contribution in [0.4, 0.5) is 0 Å². The van der Waals surface area contributed by atoms with Crippen LogP contribution in [-0.2, 0) is 14.2 Å². The third-order valence-corrected chi connectivity index (χ3v) is 2.21. The second-order valence-corrected chi connectivity index (χ2v) is 3.99. The number of nitrogens with zero attached hydrogens (tertiary/aromatic N) is 1. The van der Waals surface area contributed by atoms with Gasteiger partial charge in [-0.15, -0.1) is 0 Å². The molecule has 0 aromatic carbocycles. The van der Waals surface area contributed by atoms with Gasteiger partial charge in [-0.25, -0.2) is 0 Å². The summed E-state index contributed by atoms with van der Waals surface area (Å²) in [6, 6.07) is 2.20. The molecule has 0 radical (unpaired) electrons. The Kier molecular flexibility index (Phi) is 10.1. The number of ether oxygens (including phenoxy) is 3. The maximum Gasteiger partial charge on any atom is 0.127 e. The van der Waals surface area contributed by atoms with E-state index in [1.807, 2.05) is 13.8 Å². The first-order valence-electron chi connectivity index (χ1n) is 5.99. The number of nitriles is 1. The van der Waals surface area contributed by atoms with E-state index in [1.165, 1.54) is 0 Å². The molecule has 5 heteroatoms. The largest absolute Gasteiger partial charge is 0.385 e. The topological polar surface area (TPSA) is 63.5 Å². The lowest BCUT2D eigenvalue weighted by Gasteiger charge is -2.22. The van der Waals surface area contributed by atoms with Crippen molar-refractivity contribution in [1.82, 2.24) is 5.32 Å². The number of methoxy groups -OCH3 is 1. The second kappa shape index (κ2) is 10.5. The highest BCUT2D eigenvalue weighted by Gasteiger charge is 2.22. The van der Waals surface area contributed by atoms with Crippen molar-refractivity contribution in [2.75, 3.05) is 46.7 Å². The van der Waals surface area contributed by atoms with Crippen molar-refractivity contribution in [3.63, 3.8) is 0 Å². The van der Waals surface area contributed by atoms with E-state index in [9.17, 15) is 0 Å². The van der Waals surface area contributed by atoms with Crippen LogP contribution in [0.5, 0.6) is 0 Å². The van der Waals surface area contributed by atoms with Crippen LogP contribution in [0.15, 0.2) is 0 Å². The van der Waals surface area contributed by atoms with Crippen molar-refractivity contribution in [3.05, 3.63) is 0 Å². The molecule has 1 unspecified atom stereocenters. The van der Waals surface area contributed by atoms with Crippen molar-refractivity contribution < 1.29 is 14.2 Å². The average Bonchev–Trinajstić information content (AvgIpc) is 2.33. The van der Waals surface area contributed by atoms with Gasteiger partial charge in [0.1, 0.15) is 5.54 Å². The zero-order valence-corrected chi connectivity index (χ0v) is 11.1. The van der Waals surface area contributed by atoms with E-state index in [4.69, 9.17) is 19.5 Å². The molecule has 0 amide bonds. The third-order valence-electron chi connectivity index (χ3n) is 2.21. The monoisotopic (exact) mass is 244 g/mol. The predicted octanol–water partition coefficient (Wildman–Crippen LogP) is 0.948. The Hall–Kier alpha value is -0.670. The molecule has 1 atom stereocenters. The first-order chi connectivity index (χ1) is 8.18. The molecule has 0 fully saturated rings. The molecule has 0 aliphatic rings. The summed E-state index contributed by atoms with van der Waals surface area (Å²) in [5.41, 5.74) is -0.606. The van der Waals surface area contributed by atoms with Gasteiger partial charge in [0.2, 0.25) is 0 Å². The SMILES string of the molecule is CCNC(C)(C#N)COCCOCCCOC. The van der Waals surface area contributed by atoms with Crippen LogP contribution in [-0.4, -0.2) is 52.2 Å². The number of hydrogen-bond donors (Lipinski definition) is 1. The summed E-state index contributed by atoms with van der Waals surface area (Å²) in [7, 11) is 1.67. The van der Waals surface area contributed by atoms with Crippen molar-refractivity contribution in [2.45, 2.75) is 25.8 Å². The minimum absolute atomic E-state index is 0.374. The van der Waals surface area contributed by atoms with Crippen LogP contribution in [0.3, 0.4) is 0 Å². The fraction of sp³-hybridized carbons (Fsp3) is 0.917. The van der Waals surface area contributed by atoms with Gasteiger partial charge < -0.3 is 14.2 Å². The lowest BCUT2D eigenvalue weighted by molar-refractivity contribution is 0.0267. The van der Waals surface area contributed by atoms with Crippen molar-refractivity contribution >= 4 is 0 Å². The van der Waals surface area contributed by atoms with E-state index >= 15 is 0 Å². The van der Waals surface area contributed by atoms with E-state index in [0.717, 1.165) is 13.0 Å². The Morgan fingerprint density at radius 2 is 1.88 bits per heavy atom. The van der Waals surface area contributed by atoms with Crippen molar-refractivity contribution in [1.29, 1.82) is 5.26 Å². The van der Waals surface area contributed by atoms with Gasteiger partial charge in [0.15, 0.2) is 0 Å². The molecule has 0 aromatic heterocycles. The minimum Gasteiger partial charge on any atom is -0.385 e. The van der Waals surface area contributed by atoms with E-state index in [2.05, 4.69) is 11.4 Å². The first kappa shape index (κ1) is 16.3. The summed E-state index contributed by atoms with van der Waals surface area (Å²) < 4.78 is 15.6. The van der Waals surface area contributed by atoms with Gasteiger partial charge in [0.25, 0.3) is 0 Å². The van der Waals surface area contributed by atoms with E-state index in [1.54, 1.807) is 7.11 Å². The molecule has 0 saturated carbocycles. The van der Waals surface area contributed by atoms with E-state index in [-0.39, 0.29) is 0 Å². The van der Waals surface area contributed by atoms with Gasteiger partial charge in [0, 0.05) is 20.3 Å². The fourth-order valence-corrected chi connectivity index (χ4v) is 1.31. The zero-order chi connectivity index (χ0) is 13.0. The van der Waals surface area contributed by atoms with E-state index < -0.39 is 5.54 Å². The standard InChI is InChI=1S/C12H24N2O3/c1-4-14-12(2,10-13)11-17-9-8-16-7-5-6-15-3/h14H,4-9,11H2,1-3H3. The molecule has 0 aliphatic heterocycles. The molecule has 0 aromatic rings. The first-order valence-corrected chi connectivity index (χ1v) is 5.99. The second-order valence-electron chi connectivity index (χ2n) is 3.99.